The molecule has 3 heteroatoms. The normalized spacial score (nSPS) is 39.6. The van der Waals surface area contributed by atoms with Crippen LogP contribution in [-0.2, 0) is 4.79 Å². The third-order valence-electron chi connectivity index (χ3n) is 4.63. The molecule has 3 nitrogen and oxygen atoms in total. The Labute approximate surface area is 97.6 Å². The molecule has 2 rings (SSSR count). The number of aliphatic carboxylic acids is 1. The van der Waals surface area contributed by atoms with Gasteiger partial charge in [-0.1, -0.05) is 26.7 Å². The van der Waals surface area contributed by atoms with Crippen molar-refractivity contribution in [2.45, 2.75) is 45.6 Å². The summed E-state index contributed by atoms with van der Waals surface area (Å²) in [5.41, 5.74) is 0. The Morgan fingerprint density at radius 1 is 1.50 bits per heavy atom. The fourth-order valence-electron chi connectivity index (χ4n) is 3.70. The molecule has 2 N–H and O–H groups in total. The van der Waals surface area contributed by atoms with Crippen LogP contribution in [0.15, 0.2) is 0 Å². The molecule has 1 aliphatic carbocycles. The lowest BCUT2D eigenvalue weighted by atomic mass is 9.87. The molecule has 0 aromatic carbocycles. The summed E-state index contributed by atoms with van der Waals surface area (Å²) in [6.45, 7) is 5.48. The molecule has 0 aromatic heterocycles. The maximum Gasteiger partial charge on any atom is 0.320 e. The van der Waals surface area contributed by atoms with E-state index < -0.39 is 5.97 Å². The van der Waals surface area contributed by atoms with Gasteiger partial charge in [0.1, 0.15) is 6.04 Å². The van der Waals surface area contributed by atoms with Crippen LogP contribution in [0.4, 0.5) is 0 Å². The van der Waals surface area contributed by atoms with Gasteiger partial charge in [0.15, 0.2) is 0 Å². The summed E-state index contributed by atoms with van der Waals surface area (Å²) < 4.78 is 0. The van der Waals surface area contributed by atoms with E-state index in [2.05, 4.69) is 19.2 Å². The van der Waals surface area contributed by atoms with Crippen molar-refractivity contribution in [3.05, 3.63) is 0 Å². The van der Waals surface area contributed by atoms with Crippen molar-refractivity contribution in [2.24, 2.45) is 23.7 Å². The minimum absolute atomic E-state index is 0.274. The maximum absolute atomic E-state index is 11.1. The van der Waals surface area contributed by atoms with Gasteiger partial charge < -0.3 is 10.4 Å². The fraction of sp³-hybridized carbons (Fsp3) is 0.923. The quantitative estimate of drug-likeness (QED) is 0.770. The van der Waals surface area contributed by atoms with Crippen molar-refractivity contribution in [1.82, 2.24) is 5.32 Å². The van der Waals surface area contributed by atoms with Gasteiger partial charge in [0.2, 0.25) is 0 Å². The largest absolute Gasteiger partial charge is 0.480 e. The molecule has 1 saturated carbocycles. The molecule has 5 unspecified atom stereocenters. The molecule has 2 fully saturated rings. The lowest BCUT2D eigenvalue weighted by molar-refractivity contribution is -0.140. The summed E-state index contributed by atoms with van der Waals surface area (Å²) >= 11 is 0. The molecule has 0 radical (unpaired) electrons. The Hall–Kier alpha value is -0.570. The van der Waals surface area contributed by atoms with Gasteiger partial charge in [-0.15, -0.1) is 0 Å². The third kappa shape index (κ3) is 2.10. The SMILES string of the molecule is CCCC(C)C1CC2CNC(C(=O)O)C2C1. The van der Waals surface area contributed by atoms with Crippen molar-refractivity contribution in [3.63, 3.8) is 0 Å². The molecule has 0 aromatic rings. The standard InChI is InChI=1S/C13H23NO2/c1-3-4-8(2)9-5-10-7-14-12(13(15)16)11(10)6-9/h8-12,14H,3-7H2,1-2H3,(H,15,16). The number of carbonyl (C=O) groups is 1. The second-order valence-corrected chi connectivity index (χ2v) is 5.65. The highest BCUT2D eigenvalue weighted by Crippen LogP contribution is 2.45. The van der Waals surface area contributed by atoms with Crippen LogP contribution in [0.5, 0.6) is 0 Å². The van der Waals surface area contributed by atoms with E-state index in [0.29, 0.717) is 11.8 Å². The van der Waals surface area contributed by atoms with Crippen LogP contribution in [0.2, 0.25) is 0 Å². The molecule has 0 spiro atoms. The van der Waals surface area contributed by atoms with E-state index in [1.807, 2.05) is 0 Å². The van der Waals surface area contributed by atoms with Gasteiger partial charge in [-0.25, -0.2) is 0 Å². The maximum atomic E-state index is 11.1. The minimum Gasteiger partial charge on any atom is -0.480 e. The zero-order valence-corrected chi connectivity index (χ0v) is 10.3. The topological polar surface area (TPSA) is 49.3 Å². The Balaban J connectivity index is 1.95. The molecular weight excluding hydrogens is 202 g/mol. The monoisotopic (exact) mass is 225 g/mol. The lowest BCUT2D eigenvalue weighted by Crippen LogP contribution is -2.35. The first-order valence-electron chi connectivity index (χ1n) is 6.59. The lowest BCUT2D eigenvalue weighted by Gasteiger charge is -2.20. The van der Waals surface area contributed by atoms with Gasteiger partial charge in [0, 0.05) is 0 Å². The Morgan fingerprint density at radius 3 is 2.88 bits per heavy atom. The van der Waals surface area contributed by atoms with Gasteiger partial charge in [-0.05, 0) is 43.1 Å². The van der Waals surface area contributed by atoms with Crippen LogP contribution in [0.3, 0.4) is 0 Å². The van der Waals surface area contributed by atoms with E-state index in [0.717, 1.165) is 24.8 Å². The average molecular weight is 225 g/mol. The van der Waals surface area contributed by atoms with Crippen LogP contribution in [0.1, 0.15) is 39.5 Å². The molecule has 1 aliphatic heterocycles. The number of hydrogen-bond donors (Lipinski definition) is 2. The van der Waals surface area contributed by atoms with E-state index in [1.54, 1.807) is 0 Å². The summed E-state index contributed by atoms with van der Waals surface area (Å²) in [6, 6.07) is -0.274. The van der Waals surface area contributed by atoms with Crippen molar-refractivity contribution in [1.29, 1.82) is 0 Å². The van der Waals surface area contributed by atoms with Crippen LogP contribution in [0.25, 0.3) is 0 Å². The molecule has 0 bridgehead atoms. The first-order valence-corrected chi connectivity index (χ1v) is 6.59. The van der Waals surface area contributed by atoms with Gasteiger partial charge in [-0.3, -0.25) is 4.79 Å². The van der Waals surface area contributed by atoms with Gasteiger partial charge >= 0.3 is 5.97 Å². The van der Waals surface area contributed by atoms with E-state index in [9.17, 15) is 4.79 Å². The number of fused-ring (bicyclic) bond motifs is 1. The van der Waals surface area contributed by atoms with Crippen molar-refractivity contribution in [2.75, 3.05) is 6.54 Å². The predicted octanol–water partition coefficient (Wildman–Crippen LogP) is 2.12. The zero-order valence-electron chi connectivity index (χ0n) is 10.3. The smallest absolute Gasteiger partial charge is 0.320 e. The van der Waals surface area contributed by atoms with Crippen molar-refractivity contribution < 1.29 is 9.90 Å². The van der Waals surface area contributed by atoms with Crippen LogP contribution in [0, 0.1) is 23.7 Å². The molecule has 1 heterocycles. The molecule has 2 aliphatic rings. The second kappa shape index (κ2) is 4.74. The molecular formula is C13H23NO2. The fourth-order valence-corrected chi connectivity index (χ4v) is 3.70. The average Bonchev–Trinajstić information content (AvgIpc) is 2.74. The van der Waals surface area contributed by atoms with Crippen LogP contribution in [-0.4, -0.2) is 23.7 Å². The number of nitrogens with one attached hydrogen (secondary N) is 1. The number of hydrogen-bond acceptors (Lipinski definition) is 2. The Morgan fingerprint density at radius 2 is 2.25 bits per heavy atom. The van der Waals surface area contributed by atoms with Crippen molar-refractivity contribution in [3.8, 4) is 0 Å². The Bertz CT molecular complexity index is 267. The number of carboxylic acids is 1. The second-order valence-electron chi connectivity index (χ2n) is 5.65. The van der Waals surface area contributed by atoms with E-state index in [1.165, 1.54) is 19.3 Å². The Kier molecular flexibility index (Phi) is 3.53. The zero-order chi connectivity index (χ0) is 11.7. The number of carboxylic acid groups (broad SMARTS) is 1. The molecule has 5 atom stereocenters. The summed E-state index contributed by atoms with van der Waals surface area (Å²) in [7, 11) is 0. The highest BCUT2D eigenvalue weighted by atomic mass is 16.4. The first kappa shape index (κ1) is 11.9. The molecule has 0 amide bonds. The molecule has 92 valence electrons. The van der Waals surface area contributed by atoms with Crippen LogP contribution < -0.4 is 5.32 Å². The van der Waals surface area contributed by atoms with Gasteiger partial charge in [-0.2, -0.15) is 0 Å². The van der Waals surface area contributed by atoms with E-state index >= 15 is 0 Å². The summed E-state index contributed by atoms with van der Waals surface area (Å²) in [6.07, 6.45) is 4.89. The minimum atomic E-state index is -0.656. The highest BCUT2D eigenvalue weighted by Gasteiger charge is 2.46. The van der Waals surface area contributed by atoms with Gasteiger partial charge in [0.05, 0.1) is 0 Å². The van der Waals surface area contributed by atoms with E-state index in [4.69, 9.17) is 5.11 Å². The highest BCUT2D eigenvalue weighted by molar-refractivity contribution is 5.74. The molecule has 1 saturated heterocycles. The summed E-state index contributed by atoms with van der Waals surface area (Å²) in [4.78, 5) is 11.1. The summed E-state index contributed by atoms with van der Waals surface area (Å²) in [5, 5.41) is 12.3. The first-order chi connectivity index (χ1) is 7.63. The third-order valence-corrected chi connectivity index (χ3v) is 4.63. The molecule has 16 heavy (non-hydrogen) atoms. The predicted molar refractivity (Wildman–Crippen MR) is 63.2 cm³/mol. The van der Waals surface area contributed by atoms with Crippen molar-refractivity contribution >= 4 is 5.97 Å². The van der Waals surface area contributed by atoms with Gasteiger partial charge in [0.25, 0.3) is 0 Å². The summed E-state index contributed by atoms with van der Waals surface area (Å²) in [5.74, 6) is 1.88. The number of rotatable bonds is 4. The van der Waals surface area contributed by atoms with E-state index in [-0.39, 0.29) is 6.04 Å². The van der Waals surface area contributed by atoms with Crippen LogP contribution >= 0.6 is 0 Å².